The minimum absolute atomic E-state index is 0.125. The molecule has 0 aliphatic heterocycles. The normalized spacial score (nSPS) is 11.2. The lowest BCUT2D eigenvalue weighted by Gasteiger charge is -2.04. The zero-order valence-electron chi connectivity index (χ0n) is 10.3. The van der Waals surface area contributed by atoms with Crippen molar-refractivity contribution in [2.24, 2.45) is 5.18 Å². The van der Waals surface area contributed by atoms with Crippen LogP contribution in [-0.2, 0) is 9.84 Å². The van der Waals surface area contributed by atoms with E-state index in [1.807, 2.05) is 0 Å². The van der Waals surface area contributed by atoms with Gasteiger partial charge in [-0.25, -0.2) is 13.4 Å². The average Bonchev–Trinajstić information content (AvgIpc) is 2.37. The zero-order chi connectivity index (χ0) is 14.9. The number of nitrogen functional groups attached to an aromatic ring is 1. The van der Waals surface area contributed by atoms with Crippen molar-refractivity contribution in [1.29, 1.82) is 0 Å². The molecular formula is C11H10N4O4S. The molecule has 8 nitrogen and oxygen atoms in total. The van der Waals surface area contributed by atoms with E-state index in [0.29, 0.717) is 5.56 Å². The molecule has 1 aromatic carbocycles. The first-order valence-corrected chi connectivity index (χ1v) is 7.25. The predicted octanol–water partition coefficient (Wildman–Crippen LogP) is 0.821. The molecule has 9 heteroatoms. The standard InChI is InChI=1S/C11H10N4O4S/c1-20(18,19)7-4-2-6(3-5-7)10-13-9(12)8(15-17)11(16)14-10/h2-5H,1H3,(H3,12,13,14,16). The van der Waals surface area contributed by atoms with E-state index >= 15 is 0 Å². The first-order valence-electron chi connectivity index (χ1n) is 5.36. The number of nitroso groups, excluding NO2 is 1. The molecule has 0 radical (unpaired) electrons. The van der Waals surface area contributed by atoms with Crippen LogP contribution in [-0.4, -0.2) is 24.6 Å². The van der Waals surface area contributed by atoms with E-state index in [2.05, 4.69) is 15.1 Å². The summed E-state index contributed by atoms with van der Waals surface area (Å²) in [5, 5.41) is 2.49. The van der Waals surface area contributed by atoms with Gasteiger partial charge in [-0.3, -0.25) is 4.79 Å². The highest BCUT2D eigenvalue weighted by Crippen LogP contribution is 2.20. The van der Waals surface area contributed by atoms with E-state index in [1.54, 1.807) is 0 Å². The van der Waals surface area contributed by atoms with Crippen LogP contribution in [0.2, 0.25) is 0 Å². The molecule has 0 aliphatic rings. The predicted molar refractivity (Wildman–Crippen MR) is 73.3 cm³/mol. The monoisotopic (exact) mass is 294 g/mol. The first-order chi connectivity index (χ1) is 9.32. The van der Waals surface area contributed by atoms with E-state index in [0.717, 1.165) is 6.26 Å². The van der Waals surface area contributed by atoms with Gasteiger partial charge in [0.1, 0.15) is 5.82 Å². The van der Waals surface area contributed by atoms with Crippen LogP contribution < -0.4 is 11.3 Å². The maximum Gasteiger partial charge on any atom is 0.282 e. The number of aromatic amines is 1. The molecule has 20 heavy (non-hydrogen) atoms. The van der Waals surface area contributed by atoms with E-state index in [9.17, 15) is 18.1 Å². The summed E-state index contributed by atoms with van der Waals surface area (Å²) in [6.07, 6.45) is 1.09. The largest absolute Gasteiger partial charge is 0.382 e. The Labute approximate surface area is 113 Å². The summed E-state index contributed by atoms with van der Waals surface area (Å²) >= 11 is 0. The SMILES string of the molecule is CS(=O)(=O)c1ccc(-c2nc(N)c(N=O)c(=O)[nH]2)cc1. The highest BCUT2D eigenvalue weighted by molar-refractivity contribution is 7.90. The second-order valence-electron chi connectivity index (χ2n) is 4.04. The van der Waals surface area contributed by atoms with Crippen LogP contribution in [0.5, 0.6) is 0 Å². The lowest BCUT2D eigenvalue weighted by Crippen LogP contribution is -2.11. The molecule has 0 unspecified atom stereocenters. The Morgan fingerprint density at radius 2 is 1.85 bits per heavy atom. The highest BCUT2D eigenvalue weighted by Gasteiger charge is 2.12. The smallest absolute Gasteiger partial charge is 0.282 e. The van der Waals surface area contributed by atoms with Gasteiger partial charge in [0.25, 0.3) is 5.56 Å². The van der Waals surface area contributed by atoms with Crippen LogP contribution in [0.1, 0.15) is 0 Å². The lowest BCUT2D eigenvalue weighted by atomic mass is 10.2. The molecule has 0 atom stereocenters. The molecule has 3 N–H and O–H groups in total. The van der Waals surface area contributed by atoms with Crippen LogP contribution in [0.15, 0.2) is 39.1 Å². The average molecular weight is 294 g/mol. The maximum absolute atomic E-state index is 11.5. The molecular weight excluding hydrogens is 284 g/mol. The molecule has 0 bridgehead atoms. The fourth-order valence-electron chi connectivity index (χ4n) is 1.57. The fraction of sp³-hybridized carbons (Fsp3) is 0.0909. The second-order valence-corrected chi connectivity index (χ2v) is 6.05. The van der Waals surface area contributed by atoms with Crippen molar-refractivity contribution in [3.8, 4) is 11.4 Å². The number of nitrogens with one attached hydrogen (secondary N) is 1. The quantitative estimate of drug-likeness (QED) is 0.804. The molecule has 0 saturated carbocycles. The minimum Gasteiger partial charge on any atom is -0.382 e. The number of aromatic nitrogens is 2. The van der Waals surface area contributed by atoms with Gasteiger partial charge in [-0.2, -0.15) is 0 Å². The summed E-state index contributed by atoms with van der Waals surface area (Å²) in [6, 6.07) is 5.71. The van der Waals surface area contributed by atoms with Gasteiger partial charge in [-0.1, -0.05) is 0 Å². The van der Waals surface area contributed by atoms with E-state index in [4.69, 9.17) is 5.73 Å². The van der Waals surface area contributed by atoms with Crippen LogP contribution in [0.3, 0.4) is 0 Å². The van der Waals surface area contributed by atoms with Gasteiger partial charge >= 0.3 is 0 Å². The molecule has 2 rings (SSSR count). The molecule has 0 spiro atoms. The molecule has 0 aliphatic carbocycles. The van der Waals surface area contributed by atoms with E-state index < -0.39 is 21.1 Å². The van der Waals surface area contributed by atoms with Gasteiger partial charge in [-0.05, 0) is 29.4 Å². The van der Waals surface area contributed by atoms with E-state index in [1.165, 1.54) is 24.3 Å². The van der Waals surface area contributed by atoms with Gasteiger partial charge in [0.2, 0.25) is 5.69 Å². The highest BCUT2D eigenvalue weighted by atomic mass is 32.2. The van der Waals surface area contributed by atoms with Crippen LogP contribution >= 0.6 is 0 Å². The van der Waals surface area contributed by atoms with Gasteiger partial charge in [0.05, 0.1) is 4.90 Å². The maximum atomic E-state index is 11.5. The molecule has 2 aromatic rings. The number of hydrogen-bond acceptors (Lipinski definition) is 7. The van der Waals surface area contributed by atoms with Crippen LogP contribution in [0.25, 0.3) is 11.4 Å². The molecule has 0 saturated heterocycles. The van der Waals surface area contributed by atoms with Crippen molar-refractivity contribution in [3.05, 3.63) is 39.5 Å². The Kier molecular flexibility index (Phi) is 3.36. The third kappa shape index (κ3) is 2.57. The number of sulfone groups is 1. The number of nitrogens with two attached hydrogens (primary N) is 1. The van der Waals surface area contributed by atoms with Crippen molar-refractivity contribution < 1.29 is 8.42 Å². The number of benzene rings is 1. The summed E-state index contributed by atoms with van der Waals surface area (Å²) in [5.74, 6) is -0.161. The number of nitrogens with zero attached hydrogens (tertiary/aromatic N) is 2. The Morgan fingerprint density at radius 1 is 1.25 bits per heavy atom. The molecule has 0 amide bonds. The zero-order valence-corrected chi connectivity index (χ0v) is 11.1. The van der Waals surface area contributed by atoms with Crippen LogP contribution in [0, 0.1) is 4.91 Å². The molecule has 0 fully saturated rings. The number of H-pyrrole nitrogens is 1. The number of rotatable bonds is 3. The third-order valence-electron chi connectivity index (χ3n) is 2.57. The molecule has 104 valence electrons. The fourth-order valence-corrected chi connectivity index (χ4v) is 2.20. The van der Waals surface area contributed by atoms with Gasteiger partial charge in [-0.15, -0.1) is 4.91 Å². The third-order valence-corrected chi connectivity index (χ3v) is 3.70. The first kappa shape index (κ1) is 13.9. The number of hydrogen-bond donors (Lipinski definition) is 2. The molecule has 1 heterocycles. The van der Waals surface area contributed by atoms with E-state index in [-0.39, 0.29) is 16.5 Å². The Bertz CT molecular complexity index is 824. The summed E-state index contributed by atoms with van der Waals surface area (Å²) < 4.78 is 22.7. The molecule has 1 aromatic heterocycles. The van der Waals surface area contributed by atoms with Crippen molar-refractivity contribution >= 4 is 21.3 Å². The Balaban J connectivity index is 2.53. The summed E-state index contributed by atoms with van der Waals surface area (Å²) in [4.78, 5) is 28.3. The van der Waals surface area contributed by atoms with Gasteiger partial charge in [0.15, 0.2) is 15.7 Å². The second kappa shape index (κ2) is 4.85. The summed E-state index contributed by atoms with van der Waals surface area (Å²) in [7, 11) is -3.30. The Morgan fingerprint density at radius 3 is 2.30 bits per heavy atom. The Hall–Kier alpha value is -2.55. The van der Waals surface area contributed by atoms with Gasteiger partial charge in [0, 0.05) is 11.8 Å². The number of anilines is 1. The van der Waals surface area contributed by atoms with Crippen molar-refractivity contribution in [3.63, 3.8) is 0 Å². The minimum atomic E-state index is -3.30. The summed E-state index contributed by atoms with van der Waals surface area (Å²) in [6.45, 7) is 0. The van der Waals surface area contributed by atoms with Crippen molar-refractivity contribution in [2.45, 2.75) is 4.90 Å². The summed E-state index contributed by atoms with van der Waals surface area (Å²) in [5.41, 5.74) is 4.67. The lowest BCUT2D eigenvalue weighted by molar-refractivity contribution is 0.602. The van der Waals surface area contributed by atoms with Crippen molar-refractivity contribution in [1.82, 2.24) is 9.97 Å². The van der Waals surface area contributed by atoms with Crippen molar-refractivity contribution in [2.75, 3.05) is 12.0 Å². The topological polar surface area (TPSA) is 135 Å². The van der Waals surface area contributed by atoms with Crippen LogP contribution in [0.4, 0.5) is 11.5 Å². The van der Waals surface area contributed by atoms with Gasteiger partial charge < -0.3 is 10.7 Å².